The molecular formula is C12H15NO6. The van der Waals surface area contributed by atoms with Crippen LogP contribution in [0.15, 0.2) is 18.2 Å². The van der Waals surface area contributed by atoms with Crippen molar-refractivity contribution in [2.24, 2.45) is 0 Å². The molecule has 0 aliphatic carbocycles. The van der Waals surface area contributed by atoms with Crippen LogP contribution < -0.4 is 5.32 Å². The number of para-hydroxylation sites is 1. The summed E-state index contributed by atoms with van der Waals surface area (Å²) in [5, 5.41) is 30.0. The number of phenols is 2. The van der Waals surface area contributed by atoms with Gasteiger partial charge in [0.25, 0.3) is 5.91 Å². The molecule has 7 heteroatoms. The largest absolute Gasteiger partial charge is 0.504 e. The Labute approximate surface area is 109 Å². The summed E-state index contributed by atoms with van der Waals surface area (Å²) in [5.74, 6) is -3.02. The van der Waals surface area contributed by atoms with Crippen molar-refractivity contribution in [3.63, 3.8) is 0 Å². The van der Waals surface area contributed by atoms with Gasteiger partial charge in [0, 0.05) is 20.1 Å². The summed E-state index contributed by atoms with van der Waals surface area (Å²) in [6, 6.07) is 2.73. The molecule has 0 saturated heterocycles. The Morgan fingerprint density at radius 2 is 2.05 bits per heavy atom. The van der Waals surface area contributed by atoms with E-state index in [2.05, 4.69) is 5.32 Å². The SMILES string of the molecule is COCCC(NC(=O)c1cccc(O)c1O)C(=O)O. The monoisotopic (exact) mass is 269 g/mol. The highest BCUT2D eigenvalue weighted by atomic mass is 16.5. The second-order valence-corrected chi connectivity index (χ2v) is 3.82. The summed E-state index contributed by atoms with van der Waals surface area (Å²) < 4.78 is 4.75. The Balaban J connectivity index is 2.82. The van der Waals surface area contributed by atoms with Gasteiger partial charge in [0.2, 0.25) is 0 Å². The summed E-state index contributed by atoms with van der Waals surface area (Å²) in [6.07, 6.45) is 0.0944. The third kappa shape index (κ3) is 3.85. The predicted molar refractivity (Wildman–Crippen MR) is 65.2 cm³/mol. The Morgan fingerprint density at radius 1 is 1.37 bits per heavy atom. The fourth-order valence-electron chi connectivity index (χ4n) is 1.44. The van der Waals surface area contributed by atoms with Crippen molar-refractivity contribution in [2.75, 3.05) is 13.7 Å². The van der Waals surface area contributed by atoms with Crippen molar-refractivity contribution >= 4 is 11.9 Å². The molecule has 19 heavy (non-hydrogen) atoms. The number of aromatic hydroxyl groups is 2. The maximum absolute atomic E-state index is 11.8. The minimum absolute atomic E-state index is 0.0944. The van der Waals surface area contributed by atoms with E-state index >= 15 is 0 Å². The summed E-state index contributed by atoms with van der Waals surface area (Å²) in [7, 11) is 1.42. The fraction of sp³-hybridized carbons (Fsp3) is 0.333. The summed E-state index contributed by atoms with van der Waals surface area (Å²) in [4.78, 5) is 22.8. The first-order valence-corrected chi connectivity index (χ1v) is 5.51. The molecule has 0 spiro atoms. The van der Waals surface area contributed by atoms with Crippen LogP contribution >= 0.6 is 0 Å². The smallest absolute Gasteiger partial charge is 0.326 e. The molecule has 0 fully saturated rings. The molecule has 0 heterocycles. The average molecular weight is 269 g/mol. The van der Waals surface area contributed by atoms with Crippen molar-refractivity contribution in [1.29, 1.82) is 0 Å². The highest BCUT2D eigenvalue weighted by molar-refractivity contribution is 5.99. The number of hydrogen-bond acceptors (Lipinski definition) is 5. The molecule has 0 radical (unpaired) electrons. The van der Waals surface area contributed by atoms with Gasteiger partial charge in [-0.2, -0.15) is 0 Å². The Morgan fingerprint density at radius 3 is 2.63 bits per heavy atom. The van der Waals surface area contributed by atoms with Gasteiger partial charge in [-0.25, -0.2) is 4.79 Å². The molecule has 1 unspecified atom stereocenters. The Hall–Kier alpha value is -2.28. The molecule has 7 nitrogen and oxygen atoms in total. The maximum Gasteiger partial charge on any atom is 0.326 e. The van der Waals surface area contributed by atoms with Crippen LogP contribution in [0.4, 0.5) is 0 Å². The van der Waals surface area contributed by atoms with E-state index in [1.54, 1.807) is 0 Å². The van der Waals surface area contributed by atoms with Crippen molar-refractivity contribution in [2.45, 2.75) is 12.5 Å². The number of methoxy groups -OCH3 is 1. The second kappa shape index (κ2) is 6.60. The number of phenolic OH excluding ortho intramolecular Hbond substituents is 2. The molecule has 0 aliphatic heterocycles. The number of carbonyl (C=O) groups is 2. The molecule has 104 valence electrons. The van der Waals surface area contributed by atoms with Gasteiger partial charge in [0.15, 0.2) is 11.5 Å². The van der Waals surface area contributed by atoms with E-state index in [0.717, 1.165) is 0 Å². The first kappa shape index (κ1) is 14.8. The highest BCUT2D eigenvalue weighted by Crippen LogP contribution is 2.28. The predicted octanol–water partition coefficient (Wildman–Crippen LogP) is 0.317. The lowest BCUT2D eigenvalue weighted by Crippen LogP contribution is -2.41. The van der Waals surface area contributed by atoms with Crippen molar-refractivity contribution in [3.8, 4) is 11.5 Å². The van der Waals surface area contributed by atoms with E-state index in [1.165, 1.54) is 25.3 Å². The van der Waals surface area contributed by atoms with Gasteiger partial charge in [-0.05, 0) is 12.1 Å². The zero-order valence-corrected chi connectivity index (χ0v) is 10.3. The number of carbonyl (C=O) groups excluding carboxylic acids is 1. The van der Waals surface area contributed by atoms with Gasteiger partial charge in [0.05, 0.1) is 5.56 Å². The van der Waals surface area contributed by atoms with Gasteiger partial charge in [-0.15, -0.1) is 0 Å². The normalized spacial score (nSPS) is 11.8. The number of aliphatic carboxylic acids is 1. The molecule has 0 bridgehead atoms. The van der Waals surface area contributed by atoms with Crippen molar-refractivity contribution < 1.29 is 29.6 Å². The summed E-state index contributed by atoms with van der Waals surface area (Å²) >= 11 is 0. The van der Waals surface area contributed by atoms with E-state index in [0.29, 0.717) is 0 Å². The lowest BCUT2D eigenvalue weighted by molar-refractivity contribution is -0.139. The summed E-state index contributed by atoms with van der Waals surface area (Å²) in [6.45, 7) is 0.170. The molecule has 1 amide bonds. The molecule has 1 aromatic carbocycles. The number of ether oxygens (including phenoxy) is 1. The Kier molecular flexibility index (Phi) is 5.13. The van der Waals surface area contributed by atoms with Crippen LogP contribution in [-0.4, -0.2) is 47.0 Å². The lowest BCUT2D eigenvalue weighted by Gasteiger charge is -2.14. The standard InChI is InChI=1S/C12H15NO6/c1-19-6-5-8(12(17)18)13-11(16)7-3-2-4-9(14)10(7)15/h2-4,8,14-15H,5-6H2,1H3,(H,13,16)(H,17,18). The quantitative estimate of drug-likeness (QED) is 0.553. The fourth-order valence-corrected chi connectivity index (χ4v) is 1.44. The van der Waals surface area contributed by atoms with Crippen LogP contribution in [0.5, 0.6) is 11.5 Å². The first-order chi connectivity index (χ1) is 8.97. The van der Waals surface area contributed by atoms with Crippen molar-refractivity contribution in [1.82, 2.24) is 5.32 Å². The van der Waals surface area contributed by atoms with E-state index in [4.69, 9.17) is 9.84 Å². The van der Waals surface area contributed by atoms with Crippen LogP contribution in [0.25, 0.3) is 0 Å². The Bertz CT molecular complexity index is 473. The number of carboxylic acids is 1. The number of carboxylic acid groups (broad SMARTS) is 1. The first-order valence-electron chi connectivity index (χ1n) is 5.51. The lowest BCUT2D eigenvalue weighted by atomic mass is 10.1. The second-order valence-electron chi connectivity index (χ2n) is 3.82. The van der Waals surface area contributed by atoms with Crippen molar-refractivity contribution in [3.05, 3.63) is 23.8 Å². The minimum Gasteiger partial charge on any atom is -0.504 e. The maximum atomic E-state index is 11.8. The molecule has 4 N–H and O–H groups in total. The van der Waals surface area contributed by atoms with Crippen LogP contribution in [0.1, 0.15) is 16.8 Å². The molecule has 1 rings (SSSR count). The average Bonchev–Trinajstić information content (AvgIpc) is 2.37. The third-order valence-electron chi connectivity index (χ3n) is 2.47. The van der Waals surface area contributed by atoms with E-state index in [-0.39, 0.29) is 18.6 Å². The van der Waals surface area contributed by atoms with Gasteiger partial charge in [-0.3, -0.25) is 4.79 Å². The van der Waals surface area contributed by atoms with E-state index in [9.17, 15) is 19.8 Å². The molecule has 1 aromatic rings. The van der Waals surface area contributed by atoms with Crippen LogP contribution in [0.2, 0.25) is 0 Å². The van der Waals surface area contributed by atoms with Crippen LogP contribution in [0, 0.1) is 0 Å². The molecular weight excluding hydrogens is 254 g/mol. The van der Waals surface area contributed by atoms with Crippen LogP contribution in [-0.2, 0) is 9.53 Å². The minimum atomic E-state index is -1.20. The zero-order chi connectivity index (χ0) is 14.4. The molecule has 0 aromatic heterocycles. The third-order valence-corrected chi connectivity index (χ3v) is 2.47. The van der Waals surface area contributed by atoms with Gasteiger partial charge in [-0.1, -0.05) is 6.07 Å². The number of rotatable bonds is 6. The van der Waals surface area contributed by atoms with E-state index < -0.39 is 29.4 Å². The highest BCUT2D eigenvalue weighted by Gasteiger charge is 2.22. The number of hydrogen-bond donors (Lipinski definition) is 4. The van der Waals surface area contributed by atoms with Crippen LogP contribution in [0.3, 0.4) is 0 Å². The van der Waals surface area contributed by atoms with Gasteiger partial charge < -0.3 is 25.4 Å². The van der Waals surface area contributed by atoms with Gasteiger partial charge in [0.1, 0.15) is 6.04 Å². The topological polar surface area (TPSA) is 116 Å². The van der Waals surface area contributed by atoms with Gasteiger partial charge >= 0.3 is 5.97 Å². The molecule has 0 aliphatic rings. The number of amides is 1. The number of benzene rings is 1. The zero-order valence-electron chi connectivity index (χ0n) is 10.3. The molecule has 0 saturated carbocycles. The van der Waals surface area contributed by atoms with E-state index in [1.807, 2.05) is 0 Å². The summed E-state index contributed by atoms with van der Waals surface area (Å²) in [5.41, 5.74) is -0.191. The molecule has 1 atom stereocenters. The number of nitrogens with one attached hydrogen (secondary N) is 1.